The Morgan fingerprint density at radius 2 is 0.633 bits per heavy atom. The largest absolute Gasteiger partial charge is 0.394 e. The summed E-state index contributed by atoms with van der Waals surface area (Å²) in [5.41, 5.74) is 0. The van der Waals surface area contributed by atoms with Crippen LogP contribution in [-0.2, 0) is 33.2 Å². The van der Waals surface area contributed by atoms with Crippen LogP contribution >= 0.6 is 0 Å². The summed E-state index contributed by atoms with van der Waals surface area (Å²) >= 11 is 0. The Morgan fingerprint density at radius 1 is 0.356 bits per heavy atom. The molecule has 0 aliphatic carbocycles. The van der Waals surface area contributed by atoms with E-state index in [4.69, 9.17) is 28.4 Å². The first-order chi connectivity index (χ1) is 43.8. The summed E-state index contributed by atoms with van der Waals surface area (Å²) in [6.45, 7) is 1.85. The van der Waals surface area contributed by atoms with Crippen molar-refractivity contribution in [3.05, 3.63) is 0 Å². The minimum Gasteiger partial charge on any atom is -0.394 e. The second-order valence-electron chi connectivity index (χ2n) is 27.1. The maximum atomic E-state index is 13.4. The van der Waals surface area contributed by atoms with Crippen molar-refractivity contribution in [1.82, 2.24) is 5.32 Å². The minimum atomic E-state index is -1.97. The van der Waals surface area contributed by atoms with Crippen molar-refractivity contribution in [2.75, 3.05) is 26.4 Å². The van der Waals surface area contributed by atoms with Crippen LogP contribution in [-0.4, -0.2) is 193 Å². The maximum absolute atomic E-state index is 13.4. The molecule has 0 bridgehead atoms. The first-order valence-corrected chi connectivity index (χ1v) is 37.3. The summed E-state index contributed by atoms with van der Waals surface area (Å²) in [4.78, 5) is 13.4. The highest BCUT2D eigenvalue weighted by molar-refractivity contribution is 5.76. The number of amides is 1. The van der Waals surface area contributed by atoms with Crippen LogP contribution in [0, 0.1) is 0 Å². The van der Waals surface area contributed by atoms with Gasteiger partial charge in [-0.1, -0.05) is 296 Å². The van der Waals surface area contributed by atoms with Gasteiger partial charge in [-0.3, -0.25) is 4.79 Å². The van der Waals surface area contributed by atoms with Crippen LogP contribution in [0.2, 0.25) is 0 Å². The van der Waals surface area contributed by atoms with Gasteiger partial charge in [-0.05, 0) is 12.8 Å². The molecule has 90 heavy (non-hydrogen) atoms. The number of hydrogen-bond donors (Lipinski definition) is 12. The van der Waals surface area contributed by atoms with Crippen LogP contribution in [0.1, 0.15) is 316 Å². The zero-order valence-corrected chi connectivity index (χ0v) is 56.7. The monoisotopic (exact) mass is 1290 g/mol. The van der Waals surface area contributed by atoms with Crippen LogP contribution < -0.4 is 5.32 Å². The summed E-state index contributed by atoms with van der Waals surface area (Å²) in [5, 5.41) is 121. The molecular formula is C71H137NO18. The smallest absolute Gasteiger partial charge is 0.220 e. The fourth-order valence-electron chi connectivity index (χ4n) is 13.1. The molecule has 19 nitrogen and oxygen atoms in total. The highest BCUT2D eigenvalue weighted by Crippen LogP contribution is 2.33. The molecular weight excluding hydrogens is 1150 g/mol. The molecule has 17 atom stereocenters. The summed E-state index contributed by atoms with van der Waals surface area (Å²) in [6.07, 6.45) is 31.9. The van der Waals surface area contributed by atoms with Crippen LogP contribution in [0.4, 0.5) is 0 Å². The normalized spacial score (nSPS) is 27.9. The molecule has 0 radical (unpaired) electrons. The number of ether oxygens (including phenoxy) is 6. The molecule has 12 N–H and O–H groups in total. The Kier molecular flexibility index (Phi) is 49.7. The van der Waals surface area contributed by atoms with Gasteiger partial charge in [0.25, 0.3) is 0 Å². The highest BCUT2D eigenvalue weighted by atomic mass is 16.8. The second kappa shape index (κ2) is 53.9. The van der Waals surface area contributed by atoms with Gasteiger partial charge in [-0.15, -0.1) is 0 Å². The van der Waals surface area contributed by atoms with Gasteiger partial charge in [-0.25, -0.2) is 0 Å². The number of unbranched alkanes of at least 4 members (excludes halogenated alkanes) is 43. The lowest BCUT2D eigenvalue weighted by atomic mass is 9.96. The topological polar surface area (TPSA) is 307 Å². The lowest BCUT2D eigenvalue weighted by Crippen LogP contribution is -2.66. The van der Waals surface area contributed by atoms with Crippen molar-refractivity contribution >= 4 is 5.91 Å². The molecule has 0 aromatic rings. The molecule has 3 aliphatic heterocycles. The van der Waals surface area contributed by atoms with E-state index in [1.807, 2.05) is 0 Å². The standard InChI is InChI=1S/C71H137NO18/c1-3-5-7-9-11-13-15-17-19-21-22-23-24-25-26-27-28-29-30-31-32-33-34-36-38-40-42-44-46-48-55(76)54(72-59(77)49-47-45-43-41-39-37-35-20-18-16-14-12-10-8-6-4-2)53-85-69-65(83)62(80)67(57(51-74)87-69)90-71-66(84)63(81)68(58(52-75)88-71)89-70-64(82)61(79)60(78)56(50-73)86-70/h54-58,60-71,73-76,78-84H,3-53H2,1-2H3,(H,72,77). The van der Waals surface area contributed by atoms with E-state index in [0.29, 0.717) is 12.8 Å². The van der Waals surface area contributed by atoms with Crippen LogP contribution in [0.25, 0.3) is 0 Å². The number of nitrogens with one attached hydrogen (secondary N) is 1. The summed E-state index contributed by atoms with van der Waals surface area (Å²) < 4.78 is 34.5. The molecule has 19 heteroatoms. The fraction of sp³-hybridized carbons (Fsp3) is 0.986. The van der Waals surface area contributed by atoms with Crippen LogP contribution in [0.3, 0.4) is 0 Å². The highest BCUT2D eigenvalue weighted by Gasteiger charge is 2.53. The Labute approximate surface area is 544 Å². The zero-order chi connectivity index (χ0) is 65.4. The Bertz CT molecular complexity index is 1640. The number of carbonyl (C=O) groups excluding carboxylic acids is 1. The van der Waals surface area contributed by atoms with Gasteiger partial charge in [0.05, 0.1) is 38.6 Å². The van der Waals surface area contributed by atoms with E-state index in [1.54, 1.807) is 0 Å². The Morgan fingerprint density at radius 3 is 0.967 bits per heavy atom. The summed E-state index contributed by atoms with van der Waals surface area (Å²) in [5.74, 6) is -0.235. The van der Waals surface area contributed by atoms with Crippen molar-refractivity contribution in [2.24, 2.45) is 0 Å². The second-order valence-corrected chi connectivity index (χ2v) is 27.1. The number of aliphatic hydroxyl groups is 11. The van der Waals surface area contributed by atoms with Crippen molar-refractivity contribution in [1.29, 1.82) is 0 Å². The average molecular weight is 1290 g/mol. The van der Waals surface area contributed by atoms with Crippen molar-refractivity contribution in [2.45, 2.75) is 420 Å². The van der Waals surface area contributed by atoms with E-state index in [2.05, 4.69) is 19.2 Å². The van der Waals surface area contributed by atoms with Gasteiger partial charge < -0.3 is 89.9 Å². The lowest BCUT2D eigenvalue weighted by molar-refractivity contribution is -0.379. The van der Waals surface area contributed by atoms with Crippen molar-refractivity contribution in [3.8, 4) is 0 Å². The third-order valence-corrected chi connectivity index (χ3v) is 19.2. The third-order valence-electron chi connectivity index (χ3n) is 19.2. The Hall–Kier alpha value is -1.21. The zero-order valence-electron chi connectivity index (χ0n) is 56.7. The average Bonchev–Trinajstić information content (AvgIpc) is 1.14. The van der Waals surface area contributed by atoms with Gasteiger partial charge in [0.2, 0.25) is 5.91 Å². The molecule has 0 saturated carbocycles. The predicted molar refractivity (Wildman–Crippen MR) is 351 cm³/mol. The molecule has 3 saturated heterocycles. The summed E-state index contributed by atoms with van der Waals surface area (Å²) in [6, 6.07) is -0.882. The predicted octanol–water partition coefficient (Wildman–Crippen LogP) is 10.7. The first kappa shape index (κ1) is 83.0. The van der Waals surface area contributed by atoms with E-state index in [0.717, 1.165) is 44.9 Å². The molecule has 17 unspecified atom stereocenters. The molecule has 1 amide bonds. The molecule has 0 aromatic carbocycles. The number of aliphatic hydroxyl groups excluding tert-OH is 11. The van der Waals surface area contributed by atoms with E-state index in [-0.39, 0.29) is 18.9 Å². The lowest BCUT2D eigenvalue weighted by Gasteiger charge is -2.48. The number of rotatable bonds is 59. The maximum Gasteiger partial charge on any atom is 0.220 e. The molecule has 3 aliphatic rings. The molecule has 0 aromatic heterocycles. The first-order valence-electron chi connectivity index (χ1n) is 37.3. The van der Waals surface area contributed by atoms with Gasteiger partial charge in [-0.2, -0.15) is 0 Å². The minimum absolute atomic E-state index is 0.235. The van der Waals surface area contributed by atoms with Crippen LogP contribution in [0.5, 0.6) is 0 Å². The number of hydrogen-bond acceptors (Lipinski definition) is 18. The van der Waals surface area contributed by atoms with Gasteiger partial charge in [0, 0.05) is 6.42 Å². The van der Waals surface area contributed by atoms with Crippen LogP contribution in [0.15, 0.2) is 0 Å². The fourth-order valence-corrected chi connectivity index (χ4v) is 13.1. The number of carbonyl (C=O) groups is 1. The van der Waals surface area contributed by atoms with E-state index >= 15 is 0 Å². The SMILES string of the molecule is CCCCCCCCCCCCCCCCCCCCCCCCCCCCCCCC(O)C(COC1OC(CO)C(OC2OC(CO)C(OC3OC(CO)C(O)C(O)C3O)C(O)C2O)C(O)C1O)NC(=O)CCCCCCCCCCCCCCCCCC. The third kappa shape index (κ3) is 35.2. The molecule has 3 fully saturated rings. The molecule has 534 valence electrons. The van der Waals surface area contributed by atoms with Gasteiger partial charge in [0.1, 0.15) is 73.2 Å². The van der Waals surface area contributed by atoms with Gasteiger partial charge in [0.15, 0.2) is 18.9 Å². The van der Waals surface area contributed by atoms with E-state index in [9.17, 15) is 61.0 Å². The quantitative estimate of drug-likeness (QED) is 0.0252. The van der Waals surface area contributed by atoms with Crippen molar-refractivity contribution in [3.63, 3.8) is 0 Å². The Balaban J connectivity index is 1.38. The van der Waals surface area contributed by atoms with E-state index < -0.39 is 124 Å². The van der Waals surface area contributed by atoms with E-state index in [1.165, 1.54) is 238 Å². The summed E-state index contributed by atoms with van der Waals surface area (Å²) in [7, 11) is 0. The van der Waals surface area contributed by atoms with Gasteiger partial charge >= 0.3 is 0 Å². The van der Waals surface area contributed by atoms with Crippen molar-refractivity contribution < 1.29 is 89.4 Å². The molecule has 3 heterocycles. The molecule has 0 spiro atoms. The molecule has 3 rings (SSSR count).